The van der Waals surface area contributed by atoms with E-state index in [1.165, 1.54) is 0 Å². The number of hydrogen-bond acceptors (Lipinski definition) is 3. The Bertz CT molecular complexity index is 627. The van der Waals surface area contributed by atoms with Crippen molar-refractivity contribution in [1.29, 1.82) is 0 Å². The zero-order chi connectivity index (χ0) is 14.1. The molecule has 0 aliphatic carbocycles. The number of fused-ring (bicyclic) bond motifs is 1. The standard InChI is InChI=1S/C16H20N2O2/c1-12-13(11-19)10-15-4-3-7-18(15)16(12)17(2)14-5-8-20-9-6-14/h3-4,7,10-11,14H,5-6,8-9H2,1-2H3. The highest BCUT2D eigenvalue weighted by atomic mass is 16.5. The van der Waals surface area contributed by atoms with Crippen molar-refractivity contribution in [2.24, 2.45) is 0 Å². The van der Waals surface area contributed by atoms with Crippen LogP contribution in [0.2, 0.25) is 0 Å². The van der Waals surface area contributed by atoms with Gasteiger partial charge in [-0.1, -0.05) is 0 Å². The second kappa shape index (κ2) is 5.29. The Balaban J connectivity index is 2.10. The van der Waals surface area contributed by atoms with Gasteiger partial charge in [0.2, 0.25) is 0 Å². The van der Waals surface area contributed by atoms with Crippen molar-refractivity contribution in [2.45, 2.75) is 25.8 Å². The summed E-state index contributed by atoms with van der Waals surface area (Å²) in [6.45, 7) is 3.65. The molecule has 20 heavy (non-hydrogen) atoms. The molecule has 0 aromatic carbocycles. The Morgan fingerprint density at radius 3 is 2.85 bits per heavy atom. The summed E-state index contributed by atoms with van der Waals surface area (Å²) in [6.07, 6.45) is 5.07. The molecule has 2 aromatic heterocycles. The van der Waals surface area contributed by atoms with Crippen LogP contribution in [0.3, 0.4) is 0 Å². The predicted octanol–water partition coefficient (Wildman–Crippen LogP) is 2.68. The molecule has 3 heterocycles. The van der Waals surface area contributed by atoms with E-state index in [9.17, 15) is 4.79 Å². The summed E-state index contributed by atoms with van der Waals surface area (Å²) >= 11 is 0. The predicted molar refractivity (Wildman–Crippen MR) is 79.8 cm³/mol. The lowest BCUT2D eigenvalue weighted by Gasteiger charge is -2.34. The number of nitrogens with zero attached hydrogens (tertiary/aromatic N) is 2. The Morgan fingerprint density at radius 1 is 1.40 bits per heavy atom. The van der Waals surface area contributed by atoms with Gasteiger partial charge in [-0.2, -0.15) is 0 Å². The molecule has 106 valence electrons. The Hall–Kier alpha value is -1.81. The van der Waals surface area contributed by atoms with Crippen LogP contribution < -0.4 is 4.90 Å². The number of aromatic nitrogens is 1. The van der Waals surface area contributed by atoms with Gasteiger partial charge >= 0.3 is 0 Å². The Labute approximate surface area is 118 Å². The van der Waals surface area contributed by atoms with E-state index in [4.69, 9.17) is 4.74 Å². The van der Waals surface area contributed by atoms with Crippen molar-refractivity contribution < 1.29 is 9.53 Å². The van der Waals surface area contributed by atoms with Gasteiger partial charge in [0.05, 0.1) is 0 Å². The molecule has 1 aliphatic heterocycles. The first-order valence-electron chi connectivity index (χ1n) is 7.09. The average Bonchev–Trinajstić information content (AvgIpc) is 2.94. The third-order valence-corrected chi connectivity index (χ3v) is 4.28. The van der Waals surface area contributed by atoms with E-state index >= 15 is 0 Å². The molecule has 2 aromatic rings. The topological polar surface area (TPSA) is 34.0 Å². The van der Waals surface area contributed by atoms with Crippen LogP contribution in [0.4, 0.5) is 5.82 Å². The van der Waals surface area contributed by atoms with Crippen LogP contribution in [-0.4, -0.2) is 37.0 Å². The molecule has 4 nitrogen and oxygen atoms in total. The van der Waals surface area contributed by atoms with E-state index in [-0.39, 0.29) is 0 Å². The highest BCUT2D eigenvalue weighted by Gasteiger charge is 2.22. The van der Waals surface area contributed by atoms with Crippen molar-refractivity contribution in [1.82, 2.24) is 4.40 Å². The second-order valence-corrected chi connectivity index (χ2v) is 5.42. The minimum absolute atomic E-state index is 0.468. The molecular formula is C16H20N2O2. The minimum Gasteiger partial charge on any atom is -0.381 e. The van der Waals surface area contributed by atoms with Gasteiger partial charge in [0.1, 0.15) is 5.82 Å². The molecule has 4 heteroatoms. The van der Waals surface area contributed by atoms with Gasteiger partial charge < -0.3 is 14.0 Å². The van der Waals surface area contributed by atoms with Gasteiger partial charge in [-0.25, -0.2) is 0 Å². The molecule has 1 saturated heterocycles. The van der Waals surface area contributed by atoms with E-state index in [2.05, 4.69) is 22.5 Å². The molecule has 1 aliphatic rings. The third kappa shape index (κ3) is 2.10. The number of carbonyl (C=O) groups is 1. The van der Waals surface area contributed by atoms with Gasteiger partial charge in [-0.05, 0) is 38.0 Å². The molecule has 0 unspecified atom stereocenters. The van der Waals surface area contributed by atoms with E-state index in [0.29, 0.717) is 6.04 Å². The van der Waals surface area contributed by atoms with Gasteiger partial charge in [0.25, 0.3) is 0 Å². The summed E-state index contributed by atoms with van der Waals surface area (Å²) in [5.74, 6) is 1.11. The summed E-state index contributed by atoms with van der Waals surface area (Å²) in [7, 11) is 2.12. The zero-order valence-electron chi connectivity index (χ0n) is 12.0. The van der Waals surface area contributed by atoms with E-state index < -0.39 is 0 Å². The van der Waals surface area contributed by atoms with E-state index in [0.717, 1.165) is 54.8 Å². The number of hydrogen-bond donors (Lipinski definition) is 0. The molecule has 0 radical (unpaired) electrons. The van der Waals surface area contributed by atoms with Crippen molar-refractivity contribution in [3.05, 3.63) is 35.5 Å². The van der Waals surface area contributed by atoms with Crippen molar-refractivity contribution >= 4 is 17.6 Å². The van der Waals surface area contributed by atoms with Crippen LogP contribution in [0, 0.1) is 6.92 Å². The summed E-state index contributed by atoms with van der Waals surface area (Å²) in [5.41, 5.74) is 2.87. The number of aldehydes is 1. The van der Waals surface area contributed by atoms with Crippen LogP contribution in [-0.2, 0) is 4.74 Å². The maximum absolute atomic E-state index is 11.3. The largest absolute Gasteiger partial charge is 0.381 e. The Kier molecular flexibility index (Phi) is 3.49. The first kappa shape index (κ1) is 13.2. The third-order valence-electron chi connectivity index (χ3n) is 4.28. The normalized spacial score (nSPS) is 16.5. The van der Waals surface area contributed by atoms with Crippen LogP contribution in [0.1, 0.15) is 28.8 Å². The molecule has 0 saturated carbocycles. The lowest BCUT2D eigenvalue weighted by molar-refractivity contribution is 0.0853. The van der Waals surface area contributed by atoms with E-state index in [1.807, 2.05) is 25.1 Å². The molecule has 0 bridgehead atoms. The fourth-order valence-corrected chi connectivity index (χ4v) is 3.08. The maximum Gasteiger partial charge on any atom is 0.150 e. The summed E-state index contributed by atoms with van der Waals surface area (Å²) in [4.78, 5) is 13.6. The van der Waals surface area contributed by atoms with E-state index in [1.54, 1.807) is 0 Å². The molecule has 0 atom stereocenters. The number of pyridine rings is 1. The maximum atomic E-state index is 11.3. The van der Waals surface area contributed by atoms with Crippen molar-refractivity contribution in [3.8, 4) is 0 Å². The summed E-state index contributed by atoms with van der Waals surface area (Å²) in [6, 6.07) is 6.47. The monoisotopic (exact) mass is 272 g/mol. The van der Waals surface area contributed by atoms with Crippen LogP contribution in [0.5, 0.6) is 0 Å². The molecule has 0 N–H and O–H groups in total. The van der Waals surface area contributed by atoms with Gasteiger partial charge in [-0.3, -0.25) is 4.79 Å². The highest BCUT2D eigenvalue weighted by Crippen LogP contribution is 2.28. The lowest BCUT2D eigenvalue weighted by Crippen LogP contribution is -2.38. The minimum atomic E-state index is 0.468. The summed E-state index contributed by atoms with van der Waals surface area (Å²) < 4.78 is 7.61. The molecule has 0 spiro atoms. The first-order chi connectivity index (χ1) is 9.72. The van der Waals surface area contributed by atoms with Gasteiger partial charge in [0, 0.05) is 49.1 Å². The number of rotatable bonds is 3. The van der Waals surface area contributed by atoms with Crippen molar-refractivity contribution in [2.75, 3.05) is 25.2 Å². The number of anilines is 1. The highest BCUT2D eigenvalue weighted by molar-refractivity contribution is 5.83. The summed E-state index contributed by atoms with van der Waals surface area (Å²) in [5, 5.41) is 0. The molecular weight excluding hydrogens is 252 g/mol. The van der Waals surface area contributed by atoms with Crippen LogP contribution in [0.25, 0.3) is 5.52 Å². The van der Waals surface area contributed by atoms with Crippen LogP contribution >= 0.6 is 0 Å². The SMILES string of the molecule is Cc1c(C=O)cc2cccn2c1N(C)C1CCOCC1. The first-order valence-corrected chi connectivity index (χ1v) is 7.09. The molecule has 3 rings (SSSR count). The second-order valence-electron chi connectivity index (χ2n) is 5.42. The Morgan fingerprint density at radius 2 is 2.15 bits per heavy atom. The zero-order valence-corrected chi connectivity index (χ0v) is 12.0. The van der Waals surface area contributed by atoms with Crippen LogP contribution in [0.15, 0.2) is 24.4 Å². The average molecular weight is 272 g/mol. The fourth-order valence-electron chi connectivity index (χ4n) is 3.08. The fraction of sp³-hybridized carbons (Fsp3) is 0.438. The number of ether oxygens (including phenoxy) is 1. The smallest absolute Gasteiger partial charge is 0.150 e. The van der Waals surface area contributed by atoms with Gasteiger partial charge in [-0.15, -0.1) is 0 Å². The van der Waals surface area contributed by atoms with Crippen molar-refractivity contribution in [3.63, 3.8) is 0 Å². The molecule has 1 fully saturated rings. The number of carbonyl (C=O) groups excluding carboxylic acids is 1. The molecule has 0 amide bonds. The van der Waals surface area contributed by atoms with Gasteiger partial charge in [0.15, 0.2) is 6.29 Å². The lowest BCUT2D eigenvalue weighted by atomic mass is 10.1. The quantitative estimate of drug-likeness (QED) is 0.806.